The van der Waals surface area contributed by atoms with Crippen molar-refractivity contribution in [1.29, 1.82) is 0 Å². The second-order valence-corrected chi connectivity index (χ2v) is 5.32. The Kier molecular flexibility index (Phi) is 4.33. The number of benzene rings is 2. The molecule has 4 nitrogen and oxygen atoms in total. The van der Waals surface area contributed by atoms with Crippen LogP contribution in [0.4, 0.5) is 13.2 Å². The number of fused-ring (bicyclic) bond motifs is 1. The van der Waals surface area contributed by atoms with Gasteiger partial charge in [-0.25, -0.2) is 8.78 Å². The van der Waals surface area contributed by atoms with Crippen LogP contribution in [0.5, 0.6) is 11.5 Å². The molecule has 7 heteroatoms. The SMILES string of the molecule is COc1c(F)c(F)cc(C(=O)NCC2COc3ccccc32)c1F. The first-order valence-electron chi connectivity index (χ1n) is 7.24. The molecule has 1 heterocycles. The molecule has 0 radical (unpaired) electrons. The maximum Gasteiger partial charge on any atom is 0.254 e. The summed E-state index contributed by atoms with van der Waals surface area (Å²) >= 11 is 0. The van der Waals surface area contributed by atoms with E-state index in [9.17, 15) is 18.0 Å². The van der Waals surface area contributed by atoms with Crippen LogP contribution in [0.2, 0.25) is 0 Å². The molecule has 2 aromatic carbocycles. The number of halogens is 3. The fourth-order valence-electron chi connectivity index (χ4n) is 2.63. The number of carbonyl (C=O) groups is 1. The van der Waals surface area contributed by atoms with Crippen LogP contribution in [0.15, 0.2) is 30.3 Å². The quantitative estimate of drug-likeness (QED) is 0.873. The minimum absolute atomic E-state index is 0.0968. The van der Waals surface area contributed by atoms with Crippen LogP contribution in [-0.2, 0) is 0 Å². The molecule has 126 valence electrons. The van der Waals surface area contributed by atoms with E-state index in [0.717, 1.165) is 18.4 Å². The normalized spacial score (nSPS) is 15.6. The summed E-state index contributed by atoms with van der Waals surface area (Å²) in [5.41, 5.74) is 0.319. The minimum Gasteiger partial charge on any atom is -0.493 e. The molecule has 1 atom stereocenters. The fraction of sp³-hybridized carbons (Fsp3) is 0.235. The number of ether oxygens (including phenoxy) is 2. The van der Waals surface area contributed by atoms with Gasteiger partial charge in [0, 0.05) is 18.0 Å². The van der Waals surface area contributed by atoms with Crippen molar-refractivity contribution < 1.29 is 27.4 Å². The van der Waals surface area contributed by atoms with Crippen LogP contribution in [0.3, 0.4) is 0 Å². The smallest absolute Gasteiger partial charge is 0.254 e. The Labute approximate surface area is 136 Å². The lowest BCUT2D eigenvalue weighted by Crippen LogP contribution is -2.30. The number of nitrogens with one attached hydrogen (secondary N) is 1. The molecule has 1 amide bonds. The molecule has 1 aliphatic heterocycles. The van der Waals surface area contributed by atoms with Gasteiger partial charge in [0.1, 0.15) is 5.75 Å². The predicted octanol–water partition coefficient (Wildman–Crippen LogP) is 3.02. The summed E-state index contributed by atoms with van der Waals surface area (Å²) in [6.45, 7) is 0.555. The van der Waals surface area contributed by atoms with E-state index in [1.54, 1.807) is 0 Å². The average Bonchev–Trinajstić information content (AvgIpc) is 3.00. The third-order valence-corrected chi connectivity index (χ3v) is 3.87. The lowest BCUT2D eigenvalue weighted by atomic mass is 10.0. The van der Waals surface area contributed by atoms with Crippen LogP contribution in [0, 0.1) is 17.5 Å². The van der Waals surface area contributed by atoms with Gasteiger partial charge < -0.3 is 14.8 Å². The molecule has 0 fully saturated rings. The number of rotatable bonds is 4. The van der Waals surface area contributed by atoms with Gasteiger partial charge in [-0.05, 0) is 12.1 Å². The molecule has 0 aliphatic carbocycles. The Morgan fingerprint density at radius 3 is 2.79 bits per heavy atom. The van der Waals surface area contributed by atoms with Gasteiger partial charge in [0.05, 0.1) is 19.3 Å². The first-order chi connectivity index (χ1) is 11.5. The van der Waals surface area contributed by atoms with E-state index in [-0.39, 0.29) is 12.5 Å². The van der Waals surface area contributed by atoms with E-state index < -0.39 is 34.7 Å². The molecule has 0 saturated carbocycles. The molecule has 0 saturated heterocycles. The van der Waals surface area contributed by atoms with Gasteiger partial charge in [-0.1, -0.05) is 18.2 Å². The number of para-hydroxylation sites is 1. The number of hydrogen-bond donors (Lipinski definition) is 1. The van der Waals surface area contributed by atoms with E-state index in [1.165, 1.54) is 0 Å². The molecule has 1 unspecified atom stereocenters. The van der Waals surface area contributed by atoms with E-state index in [1.807, 2.05) is 24.3 Å². The Bertz CT molecular complexity index is 795. The van der Waals surface area contributed by atoms with Crippen molar-refractivity contribution in [2.45, 2.75) is 5.92 Å². The number of hydrogen-bond acceptors (Lipinski definition) is 3. The highest BCUT2D eigenvalue weighted by atomic mass is 19.2. The van der Waals surface area contributed by atoms with E-state index in [0.29, 0.717) is 12.7 Å². The Morgan fingerprint density at radius 2 is 2.04 bits per heavy atom. The van der Waals surface area contributed by atoms with Gasteiger partial charge in [-0.3, -0.25) is 4.79 Å². The third-order valence-electron chi connectivity index (χ3n) is 3.87. The summed E-state index contributed by atoms with van der Waals surface area (Å²) in [5.74, 6) is -5.20. The predicted molar refractivity (Wildman–Crippen MR) is 79.9 cm³/mol. The van der Waals surface area contributed by atoms with Gasteiger partial charge in [-0.15, -0.1) is 0 Å². The summed E-state index contributed by atoms with van der Waals surface area (Å²) in [4.78, 5) is 12.1. The molecule has 1 aliphatic rings. The lowest BCUT2D eigenvalue weighted by molar-refractivity contribution is 0.0944. The fourth-order valence-corrected chi connectivity index (χ4v) is 2.63. The molecular formula is C17H14F3NO3. The lowest BCUT2D eigenvalue weighted by Gasteiger charge is -2.12. The number of amides is 1. The third kappa shape index (κ3) is 2.77. The number of methoxy groups -OCH3 is 1. The van der Waals surface area contributed by atoms with Gasteiger partial charge in [0.15, 0.2) is 17.4 Å². The summed E-state index contributed by atoms with van der Waals surface area (Å²) in [6.07, 6.45) is 0. The van der Waals surface area contributed by atoms with Crippen molar-refractivity contribution in [2.24, 2.45) is 0 Å². The maximum atomic E-state index is 14.1. The zero-order valence-electron chi connectivity index (χ0n) is 12.7. The second-order valence-electron chi connectivity index (χ2n) is 5.32. The van der Waals surface area contributed by atoms with E-state index >= 15 is 0 Å². The van der Waals surface area contributed by atoms with E-state index in [2.05, 4.69) is 10.1 Å². The Hall–Kier alpha value is -2.70. The maximum absolute atomic E-state index is 14.1. The van der Waals surface area contributed by atoms with Crippen molar-refractivity contribution in [2.75, 3.05) is 20.3 Å². The average molecular weight is 337 g/mol. The van der Waals surface area contributed by atoms with Crippen LogP contribution in [0.1, 0.15) is 21.8 Å². The highest BCUT2D eigenvalue weighted by Gasteiger charge is 2.27. The largest absolute Gasteiger partial charge is 0.493 e. The van der Waals surface area contributed by atoms with Crippen molar-refractivity contribution in [3.63, 3.8) is 0 Å². The first kappa shape index (κ1) is 16.2. The van der Waals surface area contributed by atoms with Crippen molar-refractivity contribution in [3.05, 3.63) is 58.9 Å². The summed E-state index contributed by atoms with van der Waals surface area (Å²) < 4.78 is 51.0. The highest BCUT2D eigenvalue weighted by Crippen LogP contribution is 2.33. The molecule has 1 N–H and O–H groups in total. The summed E-state index contributed by atoms with van der Waals surface area (Å²) in [7, 11) is 0.995. The van der Waals surface area contributed by atoms with Crippen LogP contribution >= 0.6 is 0 Å². The van der Waals surface area contributed by atoms with Gasteiger partial charge >= 0.3 is 0 Å². The van der Waals surface area contributed by atoms with Crippen molar-refractivity contribution >= 4 is 5.91 Å². The van der Waals surface area contributed by atoms with Crippen molar-refractivity contribution in [1.82, 2.24) is 5.32 Å². The topological polar surface area (TPSA) is 47.6 Å². The molecule has 2 aromatic rings. The van der Waals surface area contributed by atoms with Gasteiger partial charge in [0.25, 0.3) is 5.91 Å². The zero-order chi connectivity index (χ0) is 17.3. The van der Waals surface area contributed by atoms with Crippen LogP contribution < -0.4 is 14.8 Å². The molecule has 3 rings (SSSR count). The first-order valence-corrected chi connectivity index (χ1v) is 7.24. The summed E-state index contributed by atoms with van der Waals surface area (Å²) in [6, 6.07) is 7.89. The molecule has 0 aromatic heterocycles. The van der Waals surface area contributed by atoms with Crippen LogP contribution in [0.25, 0.3) is 0 Å². The molecule has 0 bridgehead atoms. The van der Waals surface area contributed by atoms with Gasteiger partial charge in [0.2, 0.25) is 5.82 Å². The zero-order valence-corrected chi connectivity index (χ0v) is 12.7. The highest BCUT2D eigenvalue weighted by molar-refractivity contribution is 5.95. The molecular weight excluding hydrogens is 323 g/mol. The van der Waals surface area contributed by atoms with Crippen molar-refractivity contribution in [3.8, 4) is 11.5 Å². The van der Waals surface area contributed by atoms with Crippen LogP contribution in [-0.4, -0.2) is 26.2 Å². The Morgan fingerprint density at radius 1 is 1.29 bits per heavy atom. The molecule has 0 spiro atoms. The standard InChI is InChI=1S/C17H14F3NO3/c1-23-16-14(19)11(6-12(18)15(16)20)17(22)21-7-9-8-24-13-5-3-2-4-10(9)13/h2-6,9H,7-8H2,1H3,(H,21,22). The second kappa shape index (κ2) is 6.43. The summed E-state index contributed by atoms with van der Waals surface area (Å²) in [5, 5.41) is 2.52. The Balaban J connectivity index is 1.76. The molecule has 24 heavy (non-hydrogen) atoms. The van der Waals surface area contributed by atoms with E-state index in [4.69, 9.17) is 4.74 Å². The van der Waals surface area contributed by atoms with Gasteiger partial charge in [-0.2, -0.15) is 4.39 Å². The number of carbonyl (C=O) groups excluding carboxylic acids is 1. The minimum atomic E-state index is -1.47. The monoisotopic (exact) mass is 337 g/mol.